The quantitative estimate of drug-likeness (QED) is 0.615. The van der Waals surface area contributed by atoms with Crippen LogP contribution in [-0.2, 0) is 10.9 Å². The van der Waals surface area contributed by atoms with Crippen molar-refractivity contribution in [3.63, 3.8) is 0 Å². The molecule has 0 saturated heterocycles. The summed E-state index contributed by atoms with van der Waals surface area (Å²) in [6.45, 7) is 3.48. The first-order valence-corrected chi connectivity index (χ1v) is 6.39. The Labute approximate surface area is 108 Å². The number of hydrogen-bond donors (Lipinski definition) is 0. The van der Waals surface area contributed by atoms with Gasteiger partial charge in [-0.05, 0) is 30.9 Å². The first-order chi connectivity index (χ1) is 8.40. The molecule has 0 N–H and O–H groups in total. The molecular formula is C12H13F3O2S. The van der Waals surface area contributed by atoms with Crippen molar-refractivity contribution in [1.29, 1.82) is 0 Å². The highest BCUT2D eigenvalue weighted by Gasteiger charge is 2.35. The summed E-state index contributed by atoms with van der Waals surface area (Å²) < 4.78 is 42.9. The lowest BCUT2D eigenvalue weighted by atomic mass is 10.1. The largest absolute Gasteiger partial charge is 0.462 e. The summed E-state index contributed by atoms with van der Waals surface area (Å²) in [5.41, 5.74) is -1.38. The van der Waals surface area contributed by atoms with Crippen LogP contribution < -0.4 is 0 Å². The standard InChI is InChI=1S/C12H13F3O2S/c1-3-17-11(16)9-7-8(18-4-2)5-6-10(9)12(13,14)15/h5-7H,3-4H2,1-2H3. The average molecular weight is 278 g/mol. The second-order valence-electron chi connectivity index (χ2n) is 3.36. The van der Waals surface area contributed by atoms with Gasteiger partial charge in [0, 0.05) is 4.90 Å². The van der Waals surface area contributed by atoms with Gasteiger partial charge in [0.2, 0.25) is 0 Å². The third kappa shape index (κ3) is 3.66. The van der Waals surface area contributed by atoms with Crippen molar-refractivity contribution in [2.75, 3.05) is 12.4 Å². The van der Waals surface area contributed by atoms with Crippen molar-refractivity contribution in [2.45, 2.75) is 24.9 Å². The van der Waals surface area contributed by atoms with Crippen LogP contribution in [0.4, 0.5) is 13.2 Å². The number of ether oxygens (including phenoxy) is 1. The predicted octanol–water partition coefficient (Wildman–Crippen LogP) is 3.99. The lowest BCUT2D eigenvalue weighted by molar-refractivity contribution is -0.138. The van der Waals surface area contributed by atoms with Gasteiger partial charge in [0.1, 0.15) is 0 Å². The van der Waals surface area contributed by atoms with Gasteiger partial charge in [0.05, 0.1) is 17.7 Å². The molecule has 0 spiro atoms. The Kier molecular flexibility index (Phi) is 5.07. The smallest absolute Gasteiger partial charge is 0.417 e. The Morgan fingerprint density at radius 2 is 2.00 bits per heavy atom. The van der Waals surface area contributed by atoms with Crippen molar-refractivity contribution in [3.05, 3.63) is 29.3 Å². The predicted molar refractivity (Wildman–Crippen MR) is 63.8 cm³/mol. The number of carbonyl (C=O) groups excluding carboxylic acids is 1. The van der Waals surface area contributed by atoms with E-state index in [4.69, 9.17) is 0 Å². The highest BCUT2D eigenvalue weighted by molar-refractivity contribution is 7.99. The van der Waals surface area contributed by atoms with Crippen molar-refractivity contribution >= 4 is 17.7 Å². The van der Waals surface area contributed by atoms with Crippen LogP contribution >= 0.6 is 11.8 Å². The average Bonchev–Trinajstić information content (AvgIpc) is 2.28. The molecule has 1 aromatic carbocycles. The van der Waals surface area contributed by atoms with Gasteiger partial charge in [-0.15, -0.1) is 11.8 Å². The number of rotatable bonds is 4. The number of esters is 1. The second-order valence-corrected chi connectivity index (χ2v) is 4.70. The van der Waals surface area contributed by atoms with Gasteiger partial charge < -0.3 is 4.74 Å². The zero-order valence-corrected chi connectivity index (χ0v) is 10.8. The Balaban J connectivity index is 3.22. The highest BCUT2D eigenvalue weighted by atomic mass is 32.2. The minimum atomic E-state index is -4.56. The van der Waals surface area contributed by atoms with Gasteiger partial charge in [-0.25, -0.2) is 4.79 Å². The minimum absolute atomic E-state index is 0.0429. The molecule has 100 valence electrons. The van der Waals surface area contributed by atoms with Gasteiger partial charge in [-0.3, -0.25) is 0 Å². The molecule has 0 atom stereocenters. The van der Waals surface area contributed by atoms with E-state index in [9.17, 15) is 18.0 Å². The normalized spacial score (nSPS) is 11.4. The summed E-state index contributed by atoms with van der Waals surface area (Å²) in [4.78, 5) is 12.2. The van der Waals surface area contributed by atoms with Crippen molar-refractivity contribution < 1.29 is 22.7 Å². The fourth-order valence-electron chi connectivity index (χ4n) is 1.40. The van der Waals surface area contributed by atoms with Gasteiger partial charge >= 0.3 is 12.1 Å². The van der Waals surface area contributed by atoms with Crippen LogP contribution in [0.5, 0.6) is 0 Å². The minimum Gasteiger partial charge on any atom is -0.462 e. The van der Waals surface area contributed by atoms with E-state index in [1.54, 1.807) is 6.92 Å². The van der Waals surface area contributed by atoms with E-state index in [0.29, 0.717) is 10.6 Å². The molecule has 0 fully saturated rings. The van der Waals surface area contributed by atoms with E-state index in [1.165, 1.54) is 23.9 Å². The molecule has 0 unspecified atom stereocenters. The van der Waals surface area contributed by atoms with E-state index in [2.05, 4.69) is 4.74 Å². The fourth-order valence-corrected chi connectivity index (χ4v) is 2.10. The maximum atomic E-state index is 12.8. The second kappa shape index (κ2) is 6.13. The molecule has 6 heteroatoms. The molecule has 0 radical (unpaired) electrons. The summed E-state index contributed by atoms with van der Waals surface area (Å²) in [7, 11) is 0. The van der Waals surface area contributed by atoms with Crippen LogP contribution in [0.3, 0.4) is 0 Å². The van der Waals surface area contributed by atoms with E-state index in [-0.39, 0.29) is 6.61 Å². The third-order valence-corrected chi connectivity index (χ3v) is 2.98. The molecule has 1 rings (SSSR count). The zero-order chi connectivity index (χ0) is 13.8. The topological polar surface area (TPSA) is 26.3 Å². The molecule has 1 aromatic rings. The van der Waals surface area contributed by atoms with Crippen molar-refractivity contribution in [2.24, 2.45) is 0 Å². The first kappa shape index (κ1) is 14.9. The van der Waals surface area contributed by atoms with E-state index in [0.717, 1.165) is 6.07 Å². The molecule has 0 amide bonds. The van der Waals surface area contributed by atoms with E-state index < -0.39 is 23.3 Å². The number of alkyl halides is 3. The Morgan fingerprint density at radius 3 is 2.50 bits per heavy atom. The monoisotopic (exact) mass is 278 g/mol. The number of thioether (sulfide) groups is 1. The Morgan fingerprint density at radius 1 is 1.33 bits per heavy atom. The van der Waals surface area contributed by atoms with Crippen LogP contribution in [0.1, 0.15) is 29.8 Å². The summed E-state index contributed by atoms with van der Waals surface area (Å²) in [6.07, 6.45) is -4.56. The van der Waals surface area contributed by atoms with Gasteiger partial charge in [-0.2, -0.15) is 13.2 Å². The Bertz CT molecular complexity index is 430. The molecule has 0 aliphatic carbocycles. The molecule has 0 aliphatic heterocycles. The zero-order valence-electron chi connectivity index (χ0n) is 10.0. The number of benzene rings is 1. The molecule has 0 bridgehead atoms. The van der Waals surface area contributed by atoms with Crippen LogP contribution in [-0.4, -0.2) is 18.3 Å². The van der Waals surface area contributed by atoms with Crippen LogP contribution in [0.25, 0.3) is 0 Å². The molecule has 0 aromatic heterocycles. The first-order valence-electron chi connectivity index (χ1n) is 5.41. The van der Waals surface area contributed by atoms with Crippen LogP contribution in [0.2, 0.25) is 0 Å². The SMILES string of the molecule is CCOC(=O)c1cc(SCC)ccc1C(F)(F)F. The molecule has 2 nitrogen and oxygen atoms in total. The fraction of sp³-hybridized carbons (Fsp3) is 0.417. The van der Waals surface area contributed by atoms with Crippen molar-refractivity contribution in [1.82, 2.24) is 0 Å². The molecule has 0 saturated carbocycles. The molecule has 0 aliphatic rings. The number of halogens is 3. The third-order valence-electron chi connectivity index (χ3n) is 2.10. The van der Waals surface area contributed by atoms with Crippen LogP contribution in [0.15, 0.2) is 23.1 Å². The van der Waals surface area contributed by atoms with E-state index >= 15 is 0 Å². The van der Waals surface area contributed by atoms with E-state index in [1.807, 2.05) is 6.92 Å². The highest BCUT2D eigenvalue weighted by Crippen LogP contribution is 2.34. The van der Waals surface area contributed by atoms with Gasteiger partial charge in [0.25, 0.3) is 0 Å². The van der Waals surface area contributed by atoms with Crippen LogP contribution in [0, 0.1) is 0 Å². The summed E-state index contributed by atoms with van der Waals surface area (Å²) in [5, 5.41) is 0. The number of hydrogen-bond acceptors (Lipinski definition) is 3. The lowest BCUT2D eigenvalue weighted by Crippen LogP contribution is -2.15. The molecule has 0 heterocycles. The van der Waals surface area contributed by atoms with Crippen molar-refractivity contribution in [3.8, 4) is 0 Å². The molecular weight excluding hydrogens is 265 g/mol. The maximum absolute atomic E-state index is 12.8. The lowest BCUT2D eigenvalue weighted by Gasteiger charge is -2.13. The molecule has 18 heavy (non-hydrogen) atoms. The van der Waals surface area contributed by atoms with Gasteiger partial charge in [0.15, 0.2) is 0 Å². The maximum Gasteiger partial charge on any atom is 0.417 e. The number of carbonyl (C=O) groups is 1. The van der Waals surface area contributed by atoms with Gasteiger partial charge in [-0.1, -0.05) is 6.92 Å². The summed E-state index contributed by atoms with van der Waals surface area (Å²) in [6, 6.07) is 3.51. The Hall–Kier alpha value is -1.17. The summed E-state index contributed by atoms with van der Waals surface area (Å²) >= 11 is 1.37. The summed E-state index contributed by atoms with van der Waals surface area (Å²) in [5.74, 6) is -0.225.